The molecule has 2 unspecified atom stereocenters. The number of aliphatic carboxylic acids is 1. The fourth-order valence-electron chi connectivity index (χ4n) is 2.15. The number of benzene rings is 1. The number of hydrogen-bond acceptors (Lipinski definition) is 4. The van der Waals surface area contributed by atoms with Crippen LogP contribution in [-0.2, 0) is 9.59 Å². The molecule has 1 amide bonds. The van der Waals surface area contributed by atoms with Gasteiger partial charge in [-0.25, -0.2) is 4.79 Å². The molecule has 6 nitrogen and oxygen atoms in total. The van der Waals surface area contributed by atoms with Gasteiger partial charge in [-0.15, -0.1) is 0 Å². The molecule has 0 aromatic heterocycles. The molecule has 0 aliphatic carbocycles. The number of anilines is 1. The zero-order valence-electron chi connectivity index (χ0n) is 14.3. The lowest BCUT2D eigenvalue weighted by atomic mass is 9.96. The van der Waals surface area contributed by atoms with Crippen molar-refractivity contribution < 1.29 is 19.8 Å². The van der Waals surface area contributed by atoms with E-state index >= 15 is 0 Å². The first-order valence-electron chi connectivity index (χ1n) is 7.67. The number of likely N-dealkylation sites (N-methyl/N-ethyl adjacent to an activating group) is 1. The van der Waals surface area contributed by atoms with Gasteiger partial charge >= 0.3 is 5.97 Å². The number of aromatic hydroxyl groups is 1. The van der Waals surface area contributed by atoms with Gasteiger partial charge in [0.1, 0.15) is 17.3 Å². The van der Waals surface area contributed by atoms with Gasteiger partial charge in [0.15, 0.2) is 0 Å². The van der Waals surface area contributed by atoms with Crippen LogP contribution in [0.5, 0.6) is 5.75 Å². The zero-order chi connectivity index (χ0) is 17.8. The van der Waals surface area contributed by atoms with Gasteiger partial charge in [-0.2, -0.15) is 0 Å². The topological polar surface area (TPSA) is 89.9 Å². The van der Waals surface area contributed by atoms with Gasteiger partial charge in [0, 0.05) is 12.7 Å². The molecule has 1 rings (SSSR count). The highest BCUT2D eigenvalue weighted by molar-refractivity contribution is 5.92. The van der Waals surface area contributed by atoms with Gasteiger partial charge in [-0.3, -0.25) is 4.79 Å². The monoisotopic (exact) mass is 322 g/mol. The molecule has 0 aliphatic rings. The number of nitrogens with zero attached hydrogens (tertiary/aromatic N) is 1. The Morgan fingerprint density at radius 3 is 2.22 bits per heavy atom. The van der Waals surface area contributed by atoms with Crippen molar-refractivity contribution in [3.8, 4) is 5.75 Å². The average molecular weight is 322 g/mol. The van der Waals surface area contributed by atoms with E-state index in [1.165, 1.54) is 0 Å². The van der Waals surface area contributed by atoms with E-state index in [1.807, 2.05) is 6.92 Å². The van der Waals surface area contributed by atoms with Crippen LogP contribution in [0.25, 0.3) is 0 Å². The summed E-state index contributed by atoms with van der Waals surface area (Å²) in [6, 6.07) is 5.57. The summed E-state index contributed by atoms with van der Waals surface area (Å²) >= 11 is 0. The second kappa shape index (κ2) is 7.35. The maximum atomic E-state index is 12.6. The molecule has 23 heavy (non-hydrogen) atoms. The first kappa shape index (κ1) is 18.8. The van der Waals surface area contributed by atoms with Crippen molar-refractivity contribution in [1.29, 1.82) is 0 Å². The summed E-state index contributed by atoms with van der Waals surface area (Å²) in [5.41, 5.74) is -0.198. The number of carboxylic acids is 1. The highest BCUT2D eigenvalue weighted by atomic mass is 16.4. The number of rotatable bonds is 7. The fraction of sp³-hybridized carbons (Fsp3) is 0.529. The molecule has 0 saturated heterocycles. The molecule has 3 N–H and O–H groups in total. The van der Waals surface area contributed by atoms with E-state index in [0.717, 1.165) is 5.69 Å². The molecule has 0 spiro atoms. The van der Waals surface area contributed by atoms with Gasteiger partial charge in [0.05, 0.1) is 0 Å². The summed E-state index contributed by atoms with van der Waals surface area (Å²) in [4.78, 5) is 25.7. The standard InChI is InChI=1S/C17H26N2O4/c1-6-11(2)14(15(21)22)18-16(23)17(3,4)19(5)12-7-9-13(20)10-8-12/h7-11,14,20H,6H2,1-5H3,(H,18,23)(H,21,22). The molecule has 0 bridgehead atoms. The molecule has 128 valence electrons. The Morgan fingerprint density at radius 1 is 1.26 bits per heavy atom. The van der Waals surface area contributed by atoms with Crippen LogP contribution in [0.4, 0.5) is 5.69 Å². The molecule has 0 fully saturated rings. The summed E-state index contributed by atoms with van der Waals surface area (Å²) in [5.74, 6) is -1.41. The number of phenols is 1. The number of carbonyl (C=O) groups is 2. The Morgan fingerprint density at radius 2 is 1.78 bits per heavy atom. The van der Waals surface area contributed by atoms with E-state index in [4.69, 9.17) is 0 Å². The van der Waals surface area contributed by atoms with Gasteiger partial charge in [0.25, 0.3) is 0 Å². The van der Waals surface area contributed by atoms with Crippen molar-refractivity contribution >= 4 is 17.6 Å². The summed E-state index contributed by atoms with van der Waals surface area (Å²) in [7, 11) is 1.75. The van der Waals surface area contributed by atoms with E-state index in [9.17, 15) is 19.8 Å². The van der Waals surface area contributed by atoms with Gasteiger partial charge in [-0.1, -0.05) is 20.3 Å². The van der Waals surface area contributed by atoms with Crippen molar-refractivity contribution in [1.82, 2.24) is 5.32 Å². The van der Waals surface area contributed by atoms with Crippen molar-refractivity contribution in [2.24, 2.45) is 5.92 Å². The highest BCUT2D eigenvalue weighted by Gasteiger charge is 2.36. The fourth-order valence-corrected chi connectivity index (χ4v) is 2.15. The lowest BCUT2D eigenvalue weighted by Crippen LogP contribution is -2.58. The largest absolute Gasteiger partial charge is 0.508 e. The molecular formula is C17H26N2O4. The van der Waals surface area contributed by atoms with Crippen LogP contribution in [0, 0.1) is 5.92 Å². The Bertz CT molecular complexity index is 554. The molecule has 6 heteroatoms. The summed E-state index contributed by atoms with van der Waals surface area (Å²) in [6.07, 6.45) is 0.658. The Balaban J connectivity index is 2.94. The molecule has 0 radical (unpaired) electrons. The Kier molecular flexibility index (Phi) is 6.01. The first-order valence-corrected chi connectivity index (χ1v) is 7.67. The van der Waals surface area contributed by atoms with Crippen LogP contribution in [0.15, 0.2) is 24.3 Å². The smallest absolute Gasteiger partial charge is 0.326 e. The highest BCUT2D eigenvalue weighted by Crippen LogP contribution is 2.25. The van der Waals surface area contributed by atoms with E-state index in [-0.39, 0.29) is 17.6 Å². The van der Waals surface area contributed by atoms with Crippen molar-refractivity contribution in [3.05, 3.63) is 24.3 Å². The number of hydrogen-bond donors (Lipinski definition) is 3. The third-order valence-corrected chi connectivity index (χ3v) is 4.40. The summed E-state index contributed by atoms with van der Waals surface area (Å²) in [5, 5.41) is 21.3. The van der Waals surface area contributed by atoms with Crippen molar-refractivity contribution in [3.63, 3.8) is 0 Å². The number of carbonyl (C=O) groups excluding carboxylic acids is 1. The van der Waals surface area contributed by atoms with Crippen LogP contribution >= 0.6 is 0 Å². The third kappa shape index (κ3) is 4.37. The van der Waals surface area contributed by atoms with Gasteiger partial charge in [-0.05, 0) is 44.0 Å². The molecular weight excluding hydrogens is 296 g/mol. The minimum atomic E-state index is -1.03. The Labute approximate surface area is 137 Å². The quantitative estimate of drug-likeness (QED) is 0.716. The normalized spacial score (nSPS) is 14.0. The molecule has 0 aliphatic heterocycles. The summed E-state index contributed by atoms with van der Waals surface area (Å²) in [6.45, 7) is 7.14. The number of phenolic OH excluding ortho intramolecular Hbond substituents is 1. The third-order valence-electron chi connectivity index (χ3n) is 4.40. The second-order valence-electron chi connectivity index (χ2n) is 6.31. The predicted molar refractivity (Wildman–Crippen MR) is 89.6 cm³/mol. The molecule has 1 aromatic carbocycles. The number of carboxylic acid groups (broad SMARTS) is 1. The maximum absolute atomic E-state index is 12.6. The average Bonchev–Trinajstić information content (AvgIpc) is 2.51. The van der Waals surface area contributed by atoms with Crippen LogP contribution in [0.1, 0.15) is 34.1 Å². The molecule has 0 saturated carbocycles. The van der Waals surface area contributed by atoms with E-state index in [0.29, 0.717) is 6.42 Å². The molecule has 1 aromatic rings. The summed E-state index contributed by atoms with van der Waals surface area (Å²) < 4.78 is 0. The second-order valence-corrected chi connectivity index (χ2v) is 6.31. The minimum Gasteiger partial charge on any atom is -0.508 e. The van der Waals surface area contributed by atoms with E-state index in [1.54, 1.807) is 57.0 Å². The van der Waals surface area contributed by atoms with Gasteiger partial charge < -0.3 is 20.4 Å². The number of amides is 1. The van der Waals surface area contributed by atoms with Crippen LogP contribution in [-0.4, -0.2) is 40.7 Å². The lowest BCUT2D eigenvalue weighted by molar-refractivity contribution is -0.144. The van der Waals surface area contributed by atoms with Crippen LogP contribution < -0.4 is 10.2 Å². The van der Waals surface area contributed by atoms with Crippen LogP contribution in [0.2, 0.25) is 0 Å². The SMILES string of the molecule is CCC(C)C(NC(=O)C(C)(C)N(C)c1ccc(O)cc1)C(=O)O. The minimum absolute atomic E-state index is 0.145. The van der Waals surface area contributed by atoms with E-state index in [2.05, 4.69) is 5.32 Å². The lowest BCUT2D eigenvalue weighted by Gasteiger charge is -2.37. The number of nitrogens with one attached hydrogen (secondary N) is 1. The zero-order valence-corrected chi connectivity index (χ0v) is 14.3. The predicted octanol–water partition coefficient (Wildman–Crippen LogP) is 2.22. The van der Waals surface area contributed by atoms with Gasteiger partial charge in [0.2, 0.25) is 5.91 Å². The first-order chi connectivity index (χ1) is 10.6. The molecule has 2 atom stereocenters. The maximum Gasteiger partial charge on any atom is 0.326 e. The van der Waals surface area contributed by atoms with Crippen molar-refractivity contribution in [2.45, 2.75) is 45.7 Å². The van der Waals surface area contributed by atoms with E-state index < -0.39 is 17.6 Å². The molecule has 0 heterocycles. The van der Waals surface area contributed by atoms with Crippen LogP contribution in [0.3, 0.4) is 0 Å². The van der Waals surface area contributed by atoms with Crippen molar-refractivity contribution in [2.75, 3.05) is 11.9 Å². The Hall–Kier alpha value is -2.24.